The Morgan fingerprint density at radius 2 is 1.92 bits per heavy atom. The van der Waals surface area contributed by atoms with Gasteiger partial charge in [0.15, 0.2) is 0 Å². The van der Waals surface area contributed by atoms with Crippen LogP contribution in [0.5, 0.6) is 0 Å². The van der Waals surface area contributed by atoms with Gasteiger partial charge in [-0.25, -0.2) is 9.37 Å². The van der Waals surface area contributed by atoms with Crippen LogP contribution in [-0.2, 0) is 6.54 Å². The maximum Gasteiger partial charge on any atom is 0.212 e. The molecule has 24 heavy (non-hydrogen) atoms. The number of oxime groups is 1. The van der Waals surface area contributed by atoms with E-state index in [0.717, 1.165) is 0 Å². The van der Waals surface area contributed by atoms with Crippen molar-refractivity contribution in [3.05, 3.63) is 88.8 Å². The highest BCUT2D eigenvalue weighted by Gasteiger charge is 2.32. The number of hydrogen-bond acceptors (Lipinski definition) is 4. The maximum atomic E-state index is 13.4. The van der Waals surface area contributed by atoms with Crippen LogP contribution in [0.1, 0.15) is 32.9 Å². The van der Waals surface area contributed by atoms with Crippen molar-refractivity contribution in [1.82, 2.24) is 9.55 Å². The summed E-state index contributed by atoms with van der Waals surface area (Å²) in [6.45, 7) is 0.298. The summed E-state index contributed by atoms with van der Waals surface area (Å²) in [5, 5.41) is 12.7. The standard InChI is InChI=1S/C18H12FN3O2/c19-12-5-3-4-11(8-12)9-22-10-20-16-15(21-24)13-6-1-2-7-14(13)18(23)17(16)22/h1-8,10,24H,9H2. The van der Waals surface area contributed by atoms with Crippen molar-refractivity contribution in [2.24, 2.45) is 5.16 Å². The van der Waals surface area contributed by atoms with Gasteiger partial charge in [-0.1, -0.05) is 41.6 Å². The molecule has 5 nitrogen and oxygen atoms in total. The lowest BCUT2D eigenvalue weighted by molar-refractivity contribution is 0.102. The van der Waals surface area contributed by atoms with E-state index in [1.807, 2.05) is 0 Å². The van der Waals surface area contributed by atoms with Crippen LogP contribution < -0.4 is 0 Å². The van der Waals surface area contributed by atoms with Crippen LogP contribution in [0, 0.1) is 5.82 Å². The van der Waals surface area contributed by atoms with Gasteiger partial charge in [-0.05, 0) is 17.7 Å². The number of carbonyl (C=O) groups is 1. The molecule has 0 saturated heterocycles. The number of hydrogen-bond donors (Lipinski definition) is 1. The lowest BCUT2D eigenvalue weighted by Gasteiger charge is -2.17. The predicted molar refractivity (Wildman–Crippen MR) is 85.0 cm³/mol. The van der Waals surface area contributed by atoms with Crippen LogP contribution in [0.2, 0.25) is 0 Å². The average Bonchev–Trinajstić information content (AvgIpc) is 2.99. The number of benzene rings is 2. The number of ketones is 1. The first-order valence-electron chi connectivity index (χ1n) is 7.35. The van der Waals surface area contributed by atoms with Crippen LogP contribution in [0.25, 0.3) is 0 Å². The number of nitrogens with zero attached hydrogens (tertiary/aromatic N) is 3. The molecule has 2 aromatic carbocycles. The molecule has 0 fully saturated rings. The third-order valence-corrected chi connectivity index (χ3v) is 4.05. The van der Waals surface area contributed by atoms with E-state index in [4.69, 9.17) is 0 Å². The molecule has 6 heteroatoms. The monoisotopic (exact) mass is 321 g/mol. The first-order valence-corrected chi connectivity index (χ1v) is 7.35. The van der Waals surface area contributed by atoms with Crippen molar-refractivity contribution < 1.29 is 14.4 Å². The molecule has 1 heterocycles. The Morgan fingerprint density at radius 3 is 2.67 bits per heavy atom. The summed E-state index contributed by atoms with van der Waals surface area (Å²) in [6.07, 6.45) is 1.50. The largest absolute Gasteiger partial charge is 0.410 e. The highest BCUT2D eigenvalue weighted by atomic mass is 19.1. The predicted octanol–water partition coefficient (Wildman–Crippen LogP) is 2.84. The Labute approximate surface area is 136 Å². The van der Waals surface area contributed by atoms with Gasteiger partial charge in [0.2, 0.25) is 5.78 Å². The van der Waals surface area contributed by atoms with E-state index >= 15 is 0 Å². The molecule has 0 aliphatic heterocycles. The minimum Gasteiger partial charge on any atom is -0.410 e. The first-order chi connectivity index (χ1) is 11.7. The van der Waals surface area contributed by atoms with E-state index in [1.165, 1.54) is 18.5 Å². The van der Waals surface area contributed by atoms with Gasteiger partial charge < -0.3 is 9.77 Å². The van der Waals surface area contributed by atoms with E-state index < -0.39 is 0 Å². The normalized spacial score (nSPS) is 14.5. The smallest absolute Gasteiger partial charge is 0.212 e. The Kier molecular flexibility index (Phi) is 3.23. The molecule has 0 atom stereocenters. The van der Waals surface area contributed by atoms with Gasteiger partial charge in [0.1, 0.15) is 22.9 Å². The summed E-state index contributed by atoms with van der Waals surface area (Å²) in [6, 6.07) is 13.1. The fourth-order valence-electron chi connectivity index (χ4n) is 2.99. The van der Waals surface area contributed by atoms with Crippen molar-refractivity contribution in [2.45, 2.75) is 6.54 Å². The molecule has 1 N–H and O–H groups in total. The van der Waals surface area contributed by atoms with Crippen LogP contribution in [0.15, 0.2) is 60.0 Å². The van der Waals surface area contributed by atoms with Crippen molar-refractivity contribution in [2.75, 3.05) is 0 Å². The molecular weight excluding hydrogens is 309 g/mol. The minimum atomic E-state index is -0.337. The molecule has 3 aromatic rings. The van der Waals surface area contributed by atoms with Crippen molar-refractivity contribution in [3.8, 4) is 0 Å². The number of carbonyl (C=O) groups excluding carboxylic acids is 1. The molecule has 0 amide bonds. The van der Waals surface area contributed by atoms with Gasteiger partial charge in [0.05, 0.1) is 6.33 Å². The van der Waals surface area contributed by atoms with Crippen LogP contribution in [0.3, 0.4) is 0 Å². The van der Waals surface area contributed by atoms with E-state index in [1.54, 1.807) is 41.0 Å². The quantitative estimate of drug-likeness (QED) is 0.456. The molecule has 1 aliphatic rings. The molecule has 0 radical (unpaired) electrons. The second-order valence-corrected chi connectivity index (χ2v) is 5.52. The fourth-order valence-corrected chi connectivity index (χ4v) is 2.99. The molecular formula is C18H12FN3O2. The number of imidazole rings is 1. The lowest BCUT2D eigenvalue weighted by atomic mass is 9.89. The third-order valence-electron chi connectivity index (χ3n) is 4.05. The molecule has 0 unspecified atom stereocenters. The summed E-state index contributed by atoms with van der Waals surface area (Å²) in [5.41, 5.74) is 2.65. The van der Waals surface area contributed by atoms with Gasteiger partial charge >= 0.3 is 0 Å². The van der Waals surface area contributed by atoms with E-state index in [0.29, 0.717) is 34.6 Å². The zero-order valence-electron chi connectivity index (χ0n) is 12.5. The molecule has 0 spiro atoms. The Bertz CT molecular complexity index is 991. The van der Waals surface area contributed by atoms with Crippen LogP contribution in [0.4, 0.5) is 4.39 Å². The van der Waals surface area contributed by atoms with Gasteiger partial charge in [0, 0.05) is 17.7 Å². The second-order valence-electron chi connectivity index (χ2n) is 5.52. The topological polar surface area (TPSA) is 67.5 Å². The summed E-state index contributed by atoms with van der Waals surface area (Å²) in [5.74, 6) is -0.530. The highest BCUT2D eigenvalue weighted by Crippen LogP contribution is 2.27. The van der Waals surface area contributed by atoms with Crippen molar-refractivity contribution >= 4 is 11.5 Å². The maximum absolute atomic E-state index is 13.4. The second kappa shape index (κ2) is 5.42. The number of halogens is 1. The molecule has 118 valence electrons. The number of aromatic nitrogens is 2. The summed E-state index contributed by atoms with van der Waals surface area (Å²) in [7, 11) is 0. The molecule has 4 rings (SSSR count). The van der Waals surface area contributed by atoms with Gasteiger partial charge in [-0.2, -0.15) is 0 Å². The van der Waals surface area contributed by atoms with Gasteiger partial charge in [-0.3, -0.25) is 4.79 Å². The SMILES string of the molecule is O=C1c2ccccc2C(=NO)c2ncn(Cc3cccc(F)c3)c21. The zero-order valence-corrected chi connectivity index (χ0v) is 12.5. The van der Waals surface area contributed by atoms with E-state index in [9.17, 15) is 14.4 Å². The lowest BCUT2D eigenvalue weighted by Crippen LogP contribution is -2.24. The van der Waals surface area contributed by atoms with Crippen molar-refractivity contribution in [1.29, 1.82) is 0 Å². The fraction of sp³-hybridized carbons (Fsp3) is 0.0556. The van der Waals surface area contributed by atoms with E-state index in [2.05, 4.69) is 10.1 Å². The summed E-state index contributed by atoms with van der Waals surface area (Å²) < 4.78 is 15.0. The summed E-state index contributed by atoms with van der Waals surface area (Å²) >= 11 is 0. The molecule has 1 aromatic heterocycles. The number of fused-ring (bicyclic) bond motifs is 2. The molecule has 0 bridgehead atoms. The van der Waals surface area contributed by atoms with Gasteiger partial charge in [-0.15, -0.1) is 0 Å². The first kappa shape index (κ1) is 14.3. The zero-order chi connectivity index (χ0) is 16.7. The van der Waals surface area contributed by atoms with E-state index in [-0.39, 0.29) is 17.3 Å². The highest BCUT2D eigenvalue weighted by molar-refractivity contribution is 6.28. The number of rotatable bonds is 2. The van der Waals surface area contributed by atoms with Crippen LogP contribution in [-0.4, -0.2) is 26.3 Å². The Hall–Kier alpha value is -3.28. The Morgan fingerprint density at radius 1 is 1.12 bits per heavy atom. The van der Waals surface area contributed by atoms with Crippen molar-refractivity contribution in [3.63, 3.8) is 0 Å². The minimum absolute atomic E-state index is 0.193. The molecule has 1 aliphatic carbocycles. The average molecular weight is 321 g/mol. The Balaban J connectivity index is 1.84. The molecule has 0 saturated carbocycles. The van der Waals surface area contributed by atoms with Crippen LogP contribution >= 0.6 is 0 Å². The third kappa shape index (κ3) is 2.11. The summed E-state index contributed by atoms with van der Waals surface area (Å²) in [4.78, 5) is 17.1. The van der Waals surface area contributed by atoms with Gasteiger partial charge in [0.25, 0.3) is 0 Å².